The van der Waals surface area contributed by atoms with Crippen molar-refractivity contribution in [3.63, 3.8) is 0 Å². The van der Waals surface area contributed by atoms with Crippen molar-refractivity contribution in [2.75, 3.05) is 24.2 Å². The van der Waals surface area contributed by atoms with Crippen molar-refractivity contribution >= 4 is 17.3 Å². The molecule has 0 radical (unpaired) electrons. The third-order valence-electron chi connectivity index (χ3n) is 3.95. The largest absolute Gasteiger partial charge is 0.462 e. The van der Waals surface area contributed by atoms with E-state index in [1.165, 1.54) is 25.7 Å². The first-order valence-corrected chi connectivity index (χ1v) is 7.41. The summed E-state index contributed by atoms with van der Waals surface area (Å²) >= 11 is 0. The summed E-state index contributed by atoms with van der Waals surface area (Å²) in [6.45, 7) is 5.34. The van der Waals surface area contributed by atoms with Crippen molar-refractivity contribution in [2.45, 2.75) is 39.5 Å². The molecule has 0 saturated heterocycles. The molecule has 20 heavy (non-hydrogen) atoms. The van der Waals surface area contributed by atoms with Gasteiger partial charge in [0.05, 0.1) is 12.2 Å². The maximum Gasteiger partial charge on any atom is 0.340 e. The zero-order valence-corrected chi connectivity index (χ0v) is 12.4. The minimum Gasteiger partial charge on any atom is -0.462 e. The first kappa shape index (κ1) is 14.7. The Bertz CT molecular complexity index is 481. The van der Waals surface area contributed by atoms with E-state index in [9.17, 15) is 4.79 Å². The van der Waals surface area contributed by atoms with Gasteiger partial charge >= 0.3 is 5.97 Å². The van der Waals surface area contributed by atoms with Crippen LogP contribution in [0.2, 0.25) is 0 Å². The second kappa shape index (κ2) is 6.16. The molecule has 0 spiro atoms. The van der Waals surface area contributed by atoms with Gasteiger partial charge in [-0.3, -0.25) is 0 Å². The predicted octanol–water partition coefficient (Wildman–Crippen LogP) is 3.44. The quantitative estimate of drug-likeness (QED) is 0.591. The predicted molar refractivity (Wildman–Crippen MR) is 81.9 cm³/mol. The fraction of sp³-hybridized carbons (Fsp3) is 0.562. The van der Waals surface area contributed by atoms with E-state index in [1.54, 1.807) is 19.1 Å². The van der Waals surface area contributed by atoms with Gasteiger partial charge in [-0.1, -0.05) is 13.3 Å². The van der Waals surface area contributed by atoms with Crippen LogP contribution in [0.15, 0.2) is 18.2 Å². The third-order valence-corrected chi connectivity index (χ3v) is 3.95. The maximum absolute atomic E-state index is 11.8. The van der Waals surface area contributed by atoms with E-state index in [-0.39, 0.29) is 5.97 Å². The van der Waals surface area contributed by atoms with Crippen LogP contribution in [0.3, 0.4) is 0 Å². The molecule has 0 aliphatic heterocycles. The highest BCUT2D eigenvalue weighted by Crippen LogP contribution is 2.49. The maximum atomic E-state index is 11.8. The Morgan fingerprint density at radius 1 is 1.40 bits per heavy atom. The van der Waals surface area contributed by atoms with E-state index in [2.05, 4.69) is 12.2 Å². The molecular weight excluding hydrogens is 252 g/mol. The zero-order chi connectivity index (χ0) is 14.6. The van der Waals surface area contributed by atoms with Crippen molar-refractivity contribution in [1.29, 1.82) is 0 Å². The van der Waals surface area contributed by atoms with Crippen LogP contribution in [0, 0.1) is 5.41 Å². The van der Waals surface area contributed by atoms with Gasteiger partial charge in [-0.15, -0.1) is 0 Å². The van der Waals surface area contributed by atoms with Gasteiger partial charge in [0.15, 0.2) is 0 Å². The average molecular weight is 276 g/mol. The van der Waals surface area contributed by atoms with Crippen molar-refractivity contribution in [3.8, 4) is 0 Å². The lowest BCUT2D eigenvalue weighted by Crippen LogP contribution is -2.16. The monoisotopic (exact) mass is 276 g/mol. The normalized spacial score (nSPS) is 15.7. The lowest BCUT2D eigenvalue weighted by molar-refractivity contribution is 0.0527. The number of rotatable bonds is 7. The van der Waals surface area contributed by atoms with Crippen LogP contribution in [0.4, 0.5) is 11.4 Å². The van der Waals surface area contributed by atoms with Gasteiger partial charge in [-0.05, 0) is 49.8 Å². The molecule has 2 rings (SSSR count). The molecule has 1 fully saturated rings. The molecule has 1 aliphatic rings. The number of anilines is 2. The number of benzene rings is 1. The number of nitrogen functional groups attached to an aromatic ring is 1. The second-order valence-electron chi connectivity index (χ2n) is 5.63. The second-order valence-corrected chi connectivity index (χ2v) is 5.63. The Kier molecular flexibility index (Phi) is 4.53. The summed E-state index contributed by atoms with van der Waals surface area (Å²) in [6, 6.07) is 5.46. The Hall–Kier alpha value is -1.71. The molecule has 1 saturated carbocycles. The molecule has 110 valence electrons. The van der Waals surface area contributed by atoms with Gasteiger partial charge < -0.3 is 15.8 Å². The first-order chi connectivity index (χ1) is 9.60. The van der Waals surface area contributed by atoms with Gasteiger partial charge in [0, 0.05) is 17.9 Å². The molecule has 0 amide bonds. The van der Waals surface area contributed by atoms with Crippen LogP contribution < -0.4 is 11.1 Å². The van der Waals surface area contributed by atoms with E-state index in [4.69, 9.17) is 10.5 Å². The first-order valence-electron chi connectivity index (χ1n) is 7.41. The molecular formula is C16H24N2O2. The summed E-state index contributed by atoms with van der Waals surface area (Å²) in [5.74, 6) is -0.358. The van der Waals surface area contributed by atoms with Crippen LogP contribution in [0.5, 0.6) is 0 Å². The minimum absolute atomic E-state index is 0.357. The van der Waals surface area contributed by atoms with Crippen LogP contribution in [-0.4, -0.2) is 19.1 Å². The van der Waals surface area contributed by atoms with Crippen LogP contribution >= 0.6 is 0 Å². The SMILES string of the molecule is CCCC1(CNc2ccc(N)c(C(=O)OCC)c2)CC1. The highest BCUT2D eigenvalue weighted by molar-refractivity contribution is 5.96. The summed E-state index contributed by atoms with van der Waals surface area (Å²) in [4.78, 5) is 11.8. The summed E-state index contributed by atoms with van der Waals surface area (Å²) in [6.07, 6.45) is 5.08. The Balaban J connectivity index is 2.02. The third kappa shape index (κ3) is 3.44. The van der Waals surface area contributed by atoms with E-state index in [1.807, 2.05) is 6.07 Å². The molecule has 1 aromatic carbocycles. The molecule has 1 aromatic rings. The van der Waals surface area contributed by atoms with E-state index < -0.39 is 0 Å². The Morgan fingerprint density at radius 3 is 2.75 bits per heavy atom. The fourth-order valence-corrected chi connectivity index (χ4v) is 2.56. The number of esters is 1. The lowest BCUT2D eigenvalue weighted by atomic mass is 10.0. The van der Waals surface area contributed by atoms with Crippen LogP contribution in [0.1, 0.15) is 49.9 Å². The number of nitrogens with two attached hydrogens (primary N) is 1. The van der Waals surface area contributed by atoms with Crippen LogP contribution in [-0.2, 0) is 4.74 Å². The zero-order valence-electron chi connectivity index (χ0n) is 12.4. The van der Waals surface area contributed by atoms with E-state index >= 15 is 0 Å². The van der Waals surface area contributed by atoms with Gasteiger partial charge in [0.25, 0.3) is 0 Å². The van der Waals surface area contributed by atoms with Gasteiger partial charge in [0.1, 0.15) is 0 Å². The molecule has 1 aliphatic carbocycles. The molecule has 0 unspecified atom stereocenters. The molecule has 3 N–H and O–H groups in total. The summed E-state index contributed by atoms with van der Waals surface area (Å²) < 4.78 is 5.01. The van der Waals surface area contributed by atoms with E-state index in [0.29, 0.717) is 23.3 Å². The number of carbonyl (C=O) groups excluding carboxylic acids is 1. The molecule has 4 heteroatoms. The van der Waals surface area contributed by atoms with Crippen molar-refractivity contribution in [3.05, 3.63) is 23.8 Å². The number of hydrogen-bond acceptors (Lipinski definition) is 4. The summed E-state index contributed by atoms with van der Waals surface area (Å²) in [7, 11) is 0. The number of carbonyl (C=O) groups is 1. The van der Waals surface area contributed by atoms with Crippen molar-refractivity contribution < 1.29 is 9.53 Å². The number of hydrogen-bond donors (Lipinski definition) is 2. The minimum atomic E-state index is -0.358. The fourth-order valence-electron chi connectivity index (χ4n) is 2.56. The van der Waals surface area contributed by atoms with Gasteiger partial charge in [0.2, 0.25) is 0 Å². The number of ether oxygens (including phenoxy) is 1. The summed E-state index contributed by atoms with van der Waals surface area (Å²) in [5, 5.41) is 3.43. The highest BCUT2D eigenvalue weighted by Gasteiger charge is 2.41. The Morgan fingerprint density at radius 2 is 2.15 bits per heavy atom. The van der Waals surface area contributed by atoms with Crippen molar-refractivity contribution in [1.82, 2.24) is 0 Å². The lowest BCUT2D eigenvalue weighted by Gasteiger charge is -2.16. The van der Waals surface area contributed by atoms with Crippen molar-refractivity contribution in [2.24, 2.45) is 5.41 Å². The molecule has 0 bridgehead atoms. The van der Waals surface area contributed by atoms with Gasteiger partial charge in [-0.2, -0.15) is 0 Å². The molecule has 0 atom stereocenters. The van der Waals surface area contributed by atoms with Crippen LogP contribution in [0.25, 0.3) is 0 Å². The van der Waals surface area contributed by atoms with Gasteiger partial charge in [-0.25, -0.2) is 4.79 Å². The topological polar surface area (TPSA) is 64.3 Å². The average Bonchev–Trinajstić information content (AvgIpc) is 3.19. The number of nitrogens with one attached hydrogen (secondary N) is 1. The highest BCUT2D eigenvalue weighted by atomic mass is 16.5. The molecule has 0 aromatic heterocycles. The van der Waals surface area contributed by atoms with E-state index in [0.717, 1.165) is 12.2 Å². The standard InChI is InChI=1S/C16H24N2O2/c1-3-7-16(8-9-16)11-18-12-5-6-14(17)13(10-12)15(19)20-4-2/h5-6,10,18H,3-4,7-9,11,17H2,1-2H3. The molecule has 4 nitrogen and oxygen atoms in total. The smallest absolute Gasteiger partial charge is 0.340 e. The molecule has 0 heterocycles. The summed E-state index contributed by atoms with van der Waals surface area (Å²) in [5.41, 5.74) is 8.14. The Labute approximate surface area is 120 Å².